The van der Waals surface area contributed by atoms with Crippen LogP contribution in [0.15, 0.2) is 47.4 Å². The summed E-state index contributed by atoms with van der Waals surface area (Å²) < 4.78 is 66.7. The van der Waals surface area contributed by atoms with Gasteiger partial charge < -0.3 is 10.2 Å². The molecule has 0 aliphatic carbocycles. The summed E-state index contributed by atoms with van der Waals surface area (Å²) in [5.41, 5.74) is -0.119. The Morgan fingerprint density at radius 2 is 1.71 bits per heavy atom. The third-order valence-electron chi connectivity index (χ3n) is 4.50. The maximum Gasteiger partial charge on any atom is 0.279 e. The molecule has 0 radical (unpaired) electrons. The Kier molecular flexibility index (Phi) is 6.01. The van der Waals surface area contributed by atoms with E-state index < -0.39 is 33.4 Å². The number of nitrogens with one attached hydrogen (secondary N) is 2. The molecule has 28 heavy (non-hydrogen) atoms. The Morgan fingerprint density at radius 3 is 2.36 bits per heavy atom. The summed E-state index contributed by atoms with van der Waals surface area (Å²) in [5, 5.41) is 2.38. The molecule has 10 heteroatoms. The number of rotatable bonds is 5. The maximum atomic E-state index is 13.8. The van der Waals surface area contributed by atoms with Crippen LogP contribution in [-0.2, 0) is 14.8 Å². The van der Waals surface area contributed by atoms with Gasteiger partial charge >= 0.3 is 0 Å². The lowest BCUT2D eigenvalue weighted by Gasteiger charge is -2.31. The second kappa shape index (κ2) is 8.29. The summed E-state index contributed by atoms with van der Waals surface area (Å²) in [6.45, 7) is 0.943. The molecule has 1 fully saturated rings. The van der Waals surface area contributed by atoms with Crippen LogP contribution < -0.4 is 10.2 Å². The molecule has 0 atom stereocenters. The molecule has 3 rings (SSSR count). The number of nitrogens with zero attached hydrogens (tertiary/aromatic N) is 1. The van der Waals surface area contributed by atoms with Crippen LogP contribution in [0.25, 0.3) is 0 Å². The van der Waals surface area contributed by atoms with Gasteiger partial charge in [0.15, 0.2) is 6.54 Å². The largest absolute Gasteiger partial charge is 0.325 e. The van der Waals surface area contributed by atoms with Gasteiger partial charge in [0.2, 0.25) is 10.0 Å². The van der Waals surface area contributed by atoms with Gasteiger partial charge in [-0.2, -0.15) is 4.31 Å². The van der Waals surface area contributed by atoms with Crippen molar-refractivity contribution in [1.82, 2.24) is 4.31 Å². The molecule has 2 aromatic rings. The minimum absolute atomic E-state index is 0.00437. The molecule has 0 unspecified atom stereocenters. The number of carbonyl (C=O) groups is 1. The van der Waals surface area contributed by atoms with Crippen molar-refractivity contribution in [3.63, 3.8) is 0 Å². The molecule has 1 aliphatic rings. The predicted molar refractivity (Wildman–Crippen MR) is 95.7 cm³/mol. The third-order valence-corrected chi connectivity index (χ3v) is 6.43. The van der Waals surface area contributed by atoms with E-state index in [0.717, 1.165) is 23.1 Å². The highest BCUT2D eigenvalue weighted by Gasteiger charge is 2.32. The molecule has 0 spiro atoms. The fourth-order valence-corrected chi connectivity index (χ4v) is 4.53. The third kappa shape index (κ3) is 4.51. The zero-order valence-electron chi connectivity index (χ0n) is 14.8. The fourth-order valence-electron chi connectivity index (χ4n) is 3.02. The summed E-state index contributed by atoms with van der Waals surface area (Å²) >= 11 is 0. The molecule has 2 N–H and O–H groups in total. The lowest BCUT2D eigenvalue weighted by molar-refractivity contribution is -0.895. The van der Waals surface area contributed by atoms with Crippen LogP contribution in [0.2, 0.25) is 0 Å². The zero-order valence-corrected chi connectivity index (χ0v) is 15.6. The molecule has 150 valence electrons. The van der Waals surface area contributed by atoms with Gasteiger partial charge in [0.25, 0.3) is 5.91 Å². The van der Waals surface area contributed by atoms with Crippen LogP contribution in [0.1, 0.15) is 0 Å². The molecule has 1 heterocycles. The molecule has 2 aromatic carbocycles. The average Bonchev–Trinajstić information content (AvgIpc) is 2.65. The van der Waals surface area contributed by atoms with Crippen LogP contribution >= 0.6 is 0 Å². The van der Waals surface area contributed by atoms with Crippen LogP contribution in [0.4, 0.5) is 18.9 Å². The Hall–Kier alpha value is -2.43. The molecule has 0 saturated carbocycles. The van der Waals surface area contributed by atoms with Crippen molar-refractivity contribution in [3.05, 3.63) is 59.9 Å². The molecule has 0 bridgehead atoms. The monoisotopic (exact) mass is 414 g/mol. The molecular formula is C18H19F3N3O3S+. The Labute approximate surface area is 160 Å². The number of halogens is 3. The van der Waals surface area contributed by atoms with Crippen LogP contribution in [0.3, 0.4) is 0 Å². The van der Waals surface area contributed by atoms with E-state index in [4.69, 9.17) is 0 Å². The van der Waals surface area contributed by atoms with Crippen molar-refractivity contribution in [2.45, 2.75) is 4.90 Å². The van der Waals surface area contributed by atoms with E-state index in [9.17, 15) is 26.4 Å². The molecule has 1 aliphatic heterocycles. The number of sulfonamides is 1. The van der Waals surface area contributed by atoms with Crippen molar-refractivity contribution in [3.8, 4) is 0 Å². The summed E-state index contributed by atoms with van der Waals surface area (Å²) in [6, 6.07) is 8.03. The highest BCUT2D eigenvalue weighted by Crippen LogP contribution is 2.19. The van der Waals surface area contributed by atoms with Crippen molar-refractivity contribution in [1.29, 1.82) is 0 Å². The molecular weight excluding hydrogens is 395 g/mol. The SMILES string of the molecule is O=C(C[NH+]1CCN(S(=O)(=O)c2ccccc2F)CC1)Nc1ccc(F)cc1F. The number of amides is 1. The van der Waals surface area contributed by atoms with E-state index in [2.05, 4.69) is 5.32 Å². The maximum absolute atomic E-state index is 13.8. The van der Waals surface area contributed by atoms with E-state index in [0.29, 0.717) is 19.2 Å². The van der Waals surface area contributed by atoms with Crippen LogP contribution in [-0.4, -0.2) is 51.4 Å². The topological polar surface area (TPSA) is 70.9 Å². The molecule has 0 aromatic heterocycles. The van der Waals surface area contributed by atoms with Gasteiger partial charge in [-0.1, -0.05) is 12.1 Å². The summed E-state index contributed by atoms with van der Waals surface area (Å²) in [6.07, 6.45) is 0. The van der Waals surface area contributed by atoms with E-state index in [1.165, 1.54) is 22.5 Å². The van der Waals surface area contributed by atoms with Crippen molar-refractivity contribution < 1.29 is 31.3 Å². The van der Waals surface area contributed by atoms with Gasteiger partial charge in [0, 0.05) is 6.07 Å². The first-order valence-electron chi connectivity index (χ1n) is 8.60. The highest BCUT2D eigenvalue weighted by molar-refractivity contribution is 7.89. The van der Waals surface area contributed by atoms with Gasteiger partial charge in [0.1, 0.15) is 22.3 Å². The summed E-state index contributed by atoms with van der Waals surface area (Å²) in [7, 11) is -3.94. The van der Waals surface area contributed by atoms with Crippen molar-refractivity contribution >= 4 is 21.6 Å². The molecule has 1 amide bonds. The smallest absolute Gasteiger partial charge is 0.279 e. The van der Waals surface area contributed by atoms with Gasteiger partial charge in [-0.3, -0.25) is 4.79 Å². The lowest BCUT2D eigenvalue weighted by atomic mass is 10.3. The van der Waals surface area contributed by atoms with E-state index in [1.807, 2.05) is 0 Å². The number of quaternary nitrogens is 1. The summed E-state index contributed by atoms with van der Waals surface area (Å²) in [5.74, 6) is -2.89. The number of hydrogen-bond donors (Lipinski definition) is 2. The van der Waals surface area contributed by atoms with Gasteiger partial charge in [-0.15, -0.1) is 0 Å². The first-order chi connectivity index (χ1) is 13.3. The lowest BCUT2D eigenvalue weighted by Crippen LogP contribution is -3.15. The first kappa shape index (κ1) is 20.3. The van der Waals surface area contributed by atoms with E-state index >= 15 is 0 Å². The standard InChI is InChI=1S/C18H18F3N3O3S/c19-13-5-6-16(15(21)11-13)22-18(25)12-23-7-9-24(10-8-23)28(26,27)17-4-2-1-3-14(17)20/h1-6,11H,7-10,12H2,(H,22,25)/p+1. The van der Waals surface area contributed by atoms with Crippen LogP contribution in [0, 0.1) is 17.5 Å². The highest BCUT2D eigenvalue weighted by atomic mass is 32.2. The first-order valence-corrected chi connectivity index (χ1v) is 10.0. The minimum Gasteiger partial charge on any atom is -0.325 e. The molecule has 6 nitrogen and oxygen atoms in total. The second-order valence-corrected chi connectivity index (χ2v) is 8.34. The number of anilines is 1. The average molecular weight is 414 g/mol. The fraction of sp³-hybridized carbons (Fsp3) is 0.278. The van der Waals surface area contributed by atoms with Crippen molar-refractivity contribution in [2.75, 3.05) is 38.0 Å². The normalized spacial score (nSPS) is 16.1. The van der Waals surface area contributed by atoms with Crippen molar-refractivity contribution in [2.24, 2.45) is 0 Å². The number of hydrogen-bond acceptors (Lipinski definition) is 3. The minimum atomic E-state index is -3.94. The Balaban J connectivity index is 1.57. The van der Waals surface area contributed by atoms with Gasteiger partial charge in [-0.25, -0.2) is 21.6 Å². The van der Waals surface area contributed by atoms with E-state index in [-0.39, 0.29) is 30.2 Å². The summed E-state index contributed by atoms with van der Waals surface area (Å²) in [4.78, 5) is 12.5. The number of benzene rings is 2. The van der Waals surface area contributed by atoms with Gasteiger partial charge in [-0.05, 0) is 24.3 Å². The Bertz CT molecular complexity index is 977. The number of piperazine rings is 1. The number of carbonyl (C=O) groups excluding carboxylic acids is 1. The van der Waals surface area contributed by atoms with Crippen LogP contribution in [0.5, 0.6) is 0 Å². The molecule has 1 saturated heterocycles. The second-order valence-electron chi connectivity index (χ2n) is 6.43. The Morgan fingerprint density at radius 1 is 1.04 bits per heavy atom. The zero-order chi connectivity index (χ0) is 20.3. The quantitative estimate of drug-likeness (QED) is 0.754. The van der Waals surface area contributed by atoms with Gasteiger partial charge in [0.05, 0.1) is 31.9 Å². The van der Waals surface area contributed by atoms with E-state index in [1.54, 1.807) is 0 Å². The predicted octanol–water partition coefficient (Wildman–Crippen LogP) is 0.632.